The van der Waals surface area contributed by atoms with E-state index in [4.69, 9.17) is 19.6 Å². The van der Waals surface area contributed by atoms with Crippen LogP contribution in [0.25, 0.3) is 5.69 Å². The lowest BCUT2D eigenvalue weighted by Gasteiger charge is -2.19. The molecule has 2 aromatic heterocycles. The maximum atomic E-state index is 11.7. The molecule has 0 fully saturated rings. The van der Waals surface area contributed by atoms with Gasteiger partial charge in [-0.3, -0.25) is 9.48 Å². The predicted molar refractivity (Wildman–Crippen MR) is 153 cm³/mol. The molecule has 41 heavy (non-hydrogen) atoms. The van der Waals surface area contributed by atoms with Gasteiger partial charge >= 0.3 is 12.1 Å². The lowest BCUT2D eigenvalue weighted by Crippen LogP contribution is -2.33. The molecule has 1 aromatic carbocycles. The molecular weight excluding hydrogens is 528 g/mol. The molecule has 4 rings (SSSR count). The molecule has 13 nitrogen and oxygen atoms in total. The molecule has 1 amide bonds. The first-order chi connectivity index (χ1) is 19.6. The van der Waals surface area contributed by atoms with E-state index in [1.54, 1.807) is 28.0 Å². The third-order valence-corrected chi connectivity index (χ3v) is 6.09. The summed E-state index contributed by atoms with van der Waals surface area (Å²) in [5.41, 5.74) is 2.49. The van der Waals surface area contributed by atoms with Gasteiger partial charge in [0.1, 0.15) is 28.6 Å². The van der Waals surface area contributed by atoms with Crippen molar-refractivity contribution >= 4 is 29.8 Å². The zero-order valence-electron chi connectivity index (χ0n) is 23.8. The lowest BCUT2D eigenvalue weighted by molar-refractivity contribution is -0.137. The number of carboxylic acid groups (broad SMARTS) is 1. The minimum atomic E-state index is -0.876. The second-order valence-electron chi connectivity index (χ2n) is 10.7. The molecule has 0 saturated carbocycles. The third-order valence-electron chi connectivity index (χ3n) is 6.09. The maximum absolute atomic E-state index is 11.7. The average Bonchev–Trinajstić information content (AvgIpc) is 3.54. The number of fused-ring (bicyclic) bond motifs is 1. The van der Waals surface area contributed by atoms with Crippen LogP contribution in [-0.2, 0) is 16.1 Å². The topological polar surface area (TPSA) is 158 Å². The van der Waals surface area contributed by atoms with E-state index in [2.05, 4.69) is 32.6 Å². The number of aromatic nitrogens is 5. The molecule has 3 heterocycles. The number of amides is 1. The van der Waals surface area contributed by atoms with Crippen molar-refractivity contribution < 1.29 is 24.2 Å². The van der Waals surface area contributed by atoms with Crippen LogP contribution < -0.4 is 10.1 Å². The number of carbonyl (C=O) groups excluding carboxylic acids is 1. The number of carbonyl (C=O) groups is 2. The van der Waals surface area contributed by atoms with Gasteiger partial charge in [-0.15, -0.1) is 5.10 Å². The van der Waals surface area contributed by atoms with Gasteiger partial charge in [0.2, 0.25) is 0 Å². The number of aliphatic carboxylic acids is 1. The monoisotopic (exact) mass is 564 g/mol. The van der Waals surface area contributed by atoms with E-state index in [-0.39, 0.29) is 18.9 Å². The van der Waals surface area contributed by atoms with Crippen molar-refractivity contribution in [1.29, 1.82) is 0 Å². The van der Waals surface area contributed by atoms with Gasteiger partial charge in [-0.25, -0.2) is 19.5 Å². The Morgan fingerprint density at radius 1 is 1.27 bits per heavy atom. The predicted octanol–water partition coefficient (Wildman–Crippen LogP) is 4.28. The summed E-state index contributed by atoms with van der Waals surface area (Å²) >= 11 is 0. The van der Waals surface area contributed by atoms with E-state index < -0.39 is 17.7 Å². The van der Waals surface area contributed by atoms with E-state index >= 15 is 0 Å². The first-order valence-corrected chi connectivity index (χ1v) is 13.6. The SMILES string of the molecule is CC1CCC(=Nc2cccc(OCCCNC(=O)OC(C)(C)C)c2)N=Cc2nnn(-c3cnn(CCC(=O)O)c3)c21. The number of nitrogens with one attached hydrogen (secondary N) is 1. The van der Waals surface area contributed by atoms with Crippen molar-refractivity contribution in [3.63, 3.8) is 0 Å². The average molecular weight is 565 g/mol. The first-order valence-electron chi connectivity index (χ1n) is 13.6. The molecule has 218 valence electrons. The van der Waals surface area contributed by atoms with Gasteiger partial charge < -0.3 is 19.9 Å². The summed E-state index contributed by atoms with van der Waals surface area (Å²) in [7, 11) is 0. The number of aryl methyl sites for hydroxylation is 1. The third kappa shape index (κ3) is 8.72. The fraction of sp³-hybridized carbons (Fsp3) is 0.464. The van der Waals surface area contributed by atoms with E-state index in [0.29, 0.717) is 43.3 Å². The molecule has 1 aliphatic rings. The number of rotatable bonds is 10. The Bertz CT molecular complexity index is 1420. The molecule has 0 radical (unpaired) electrons. The highest BCUT2D eigenvalue weighted by Gasteiger charge is 2.22. The Morgan fingerprint density at radius 3 is 2.88 bits per heavy atom. The van der Waals surface area contributed by atoms with Crippen LogP contribution in [0.2, 0.25) is 0 Å². The van der Waals surface area contributed by atoms with E-state index in [0.717, 1.165) is 23.5 Å². The standard InChI is InChI=1S/C28H36N8O5/c1-19-9-10-24(30-17-23-26(19)36(34-33-23)21-16-31-35(18-21)13-11-25(37)38)32-20-7-5-8-22(15-20)40-14-6-12-29-27(39)41-28(2,3)4/h5,7-8,15-19H,6,9-14H2,1-4H3,(H,29,39)(H,37,38). The Morgan fingerprint density at radius 2 is 2.10 bits per heavy atom. The molecule has 0 spiro atoms. The molecule has 0 bridgehead atoms. The smallest absolute Gasteiger partial charge is 0.407 e. The van der Waals surface area contributed by atoms with Crippen LogP contribution in [0.1, 0.15) is 70.7 Å². The molecule has 1 atom stereocenters. The Hall–Kier alpha value is -4.55. The number of hydrogen-bond acceptors (Lipinski definition) is 8. The number of alkyl carbamates (subject to hydrolysis) is 1. The second kappa shape index (κ2) is 13.2. The fourth-order valence-electron chi connectivity index (χ4n) is 4.17. The number of aliphatic imine (C=N–C) groups is 2. The van der Waals surface area contributed by atoms with E-state index in [1.165, 1.54) is 0 Å². The van der Waals surface area contributed by atoms with Crippen LogP contribution in [0, 0.1) is 0 Å². The van der Waals surface area contributed by atoms with Crippen molar-refractivity contribution in [2.75, 3.05) is 13.2 Å². The summed E-state index contributed by atoms with van der Waals surface area (Å²) in [5.74, 6) is 0.598. The van der Waals surface area contributed by atoms with Crippen LogP contribution in [0.5, 0.6) is 5.75 Å². The minimum Gasteiger partial charge on any atom is -0.493 e. The number of amidine groups is 1. The van der Waals surface area contributed by atoms with Gasteiger partial charge in [0.15, 0.2) is 0 Å². The van der Waals surface area contributed by atoms with E-state index in [1.807, 2.05) is 45.0 Å². The van der Waals surface area contributed by atoms with Gasteiger partial charge in [0, 0.05) is 24.9 Å². The highest BCUT2D eigenvalue weighted by molar-refractivity contribution is 5.96. The van der Waals surface area contributed by atoms with Crippen LogP contribution in [0.15, 0.2) is 46.6 Å². The van der Waals surface area contributed by atoms with Crippen molar-refractivity contribution in [3.8, 4) is 11.4 Å². The number of carboxylic acids is 1. The number of benzene rings is 1. The number of hydrogen-bond donors (Lipinski definition) is 2. The molecule has 1 aliphatic heterocycles. The Kier molecular flexibility index (Phi) is 9.48. The van der Waals surface area contributed by atoms with Gasteiger partial charge in [-0.05, 0) is 45.7 Å². The van der Waals surface area contributed by atoms with Gasteiger partial charge in [-0.1, -0.05) is 18.2 Å². The van der Waals surface area contributed by atoms with Crippen molar-refractivity contribution in [1.82, 2.24) is 30.1 Å². The molecule has 0 saturated heterocycles. The quantitative estimate of drug-likeness (QED) is 0.345. The van der Waals surface area contributed by atoms with Gasteiger partial charge in [0.25, 0.3) is 0 Å². The molecule has 1 unspecified atom stereocenters. The Labute approximate surface area is 238 Å². The zero-order chi connectivity index (χ0) is 29.4. The van der Waals surface area contributed by atoms with Crippen molar-refractivity contribution in [3.05, 3.63) is 48.0 Å². The Balaban J connectivity index is 1.37. The summed E-state index contributed by atoms with van der Waals surface area (Å²) in [6, 6.07) is 7.49. The van der Waals surface area contributed by atoms with Crippen LogP contribution in [0.3, 0.4) is 0 Å². The molecule has 0 aliphatic carbocycles. The van der Waals surface area contributed by atoms with Crippen molar-refractivity contribution in [2.24, 2.45) is 9.98 Å². The lowest BCUT2D eigenvalue weighted by atomic mass is 9.98. The van der Waals surface area contributed by atoms with Crippen LogP contribution >= 0.6 is 0 Å². The molecular formula is C28H36N8O5. The summed E-state index contributed by atoms with van der Waals surface area (Å²) in [6.45, 7) is 8.73. The fourth-order valence-corrected chi connectivity index (χ4v) is 4.17. The van der Waals surface area contributed by atoms with Crippen LogP contribution in [-0.4, -0.2) is 72.7 Å². The highest BCUT2D eigenvalue weighted by Crippen LogP contribution is 2.28. The maximum Gasteiger partial charge on any atom is 0.407 e. The molecule has 3 aromatic rings. The molecule has 13 heteroatoms. The summed E-state index contributed by atoms with van der Waals surface area (Å²) in [5, 5.41) is 24.5. The van der Waals surface area contributed by atoms with E-state index in [9.17, 15) is 9.59 Å². The summed E-state index contributed by atoms with van der Waals surface area (Å²) in [6.07, 6.45) is 6.71. The van der Waals surface area contributed by atoms with Crippen molar-refractivity contribution in [2.45, 2.75) is 71.4 Å². The van der Waals surface area contributed by atoms with Crippen LogP contribution in [0.4, 0.5) is 10.5 Å². The summed E-state index contributed by atoms with van der Waals surface area (Å²) in [4.78, 5) is 32.0. The first kappa shape index (κ1) is 29.4. The van der Waals surface area contributed by atoms with Gasteiger partial charge in [0.05, 0.1) is 49.6 Å². The van der Waals surface area contributed by atoms with Gasteiger partial charge in [-0.2, -0.15) is 5.10 Å². The molecule has 2 N–H and O–H groups in total. The summed E-state index contributed by atoms with van der Waals surface area (Å²) < 4.78 is 14.4. The highest BCUT2D eigenvalue weighted by atomic mass is 16.6. The number of nitrogens with zero attached hydrogens (tertiary/aromatic N) is 7. The second-order valence-corrected chi connectivity index (χ2v) is 10.7. The normalized spacial score (nSPS) is 16.1. The largest absolute Gasteiger partial charge is 0.493 e. The zero-order valence-corrected chi connectivity index (χ0v) is 23.8. The number of ether oxygens (including phenoxy) is 2. The minimum absolute atomic E-state index is 0.00980.